The molecule has 2 heterocycles. The number of anilines is 1. The number of halogens is 4. The second-order valence-electron chi connectivity index (χ2n) is 14.2. The second kappa shape index (κ2) is 13.6. The fourth-order valence-electron chi connectivity index (χ4n) is 8.35. The molecule has 0 N–H and O–H groups in total. The van der Waals surface area contributed by atoms with Crippen LogP contribution in [0.1, 0.15) is 84.9 Å². The van der Waals surface area contributed by atoms with E-state index >= 15 is 0 Å². The lowest BCUT2D eigenvalue weighted by Crippen LogP contribution is -2.38. The number of oxazole rings is 1. The van der Waals surface area contributed by atoms with E-state index in [1.165, 1.54) is 24.3 Å². The minimum atomic E-state index is -4.36. The van der Waals surface area contributed by atoms with Gasteiger partial charge >= 0.3 is 6.18 Å². The number of aromatic nitrogens is 1. The number of benzene rings is 3. The number of carbonyl (C=O) groups excluding carboxylic acids is 2. The van der Waals surface area contributed by atoms with Crippen LogP contribution in [0.15, 0.2) is 71.1 Å². The van der Waals surface area contributed by atoms with Crippen molar-refractivity contribution in [2.24, 2.45) is 29.6 Å². The summed E-state index contributed by atoms with van der Waals surface area (Å²) in [6, 6.07) is 16.4. The van der Waals surface area contributed by atoms with Crippen molar-refractivity contribution in [2.75, 3.05) is 18.0 Å². The lowest BCUT2D eigenvalue weighted by Gasteiger charge is -2.33. The van der Waals surface area contributed by atoms with Crippen LogP contribution in [-0.2, 0) is 6.18 Å². The summed E-state index contributed by atoms with van der Waals surface area (Å²) in [7, 11) is 0. The summed E-state index contributed by atoms with van der Waals surface area (Å²) in [6.07, 6.45) is 2.07. The Hall–Kier alpha value is -4.21. The molecule has 0 spiro atoms. The average molecular weight is 677 g/mol. The number of hydrogen-bond donors (Lipinski definition) is 0. The van der Waals surface area contributed by atoms with E-state index in [4.69, 9.17) is 9.15 Å². The molecule has 258 valence electrons. The maximum atomic E-state index is 14.0. The number of piperidine rings is 1. The van der Waals surface area contributed by atoms with Crippen LogP contribution in [0, 0.1) is 35.4 Å². The average Bonchev–Trinajstić information content (AvgIpc) is 3.32. The first-order valence-electron chi connectivity index (χ1n) is 17.4. The molecule has 49 heavy (non-hydrogen) atoms. The fourth-order valence-corrected chi connectivity index (χ4v) is 8.35. The van der Waals surface area contributed by atoms with Gasteiger partial charge in [0.1, 0.15) is 23.2 Å². The van der Waals surface area contributed by atoms with E-state index in [1.54, 1.807) is 24.3 Å². The molecular formula is C39H40F4N2O4. The van der Waals surface area contributed by atoms with E-state index < -0.39 is 11.7 Å². The van der Waals surface area contributed by atoms with Gasteiger partial charge in [-0.05, 0) is 104 Å². The maximum Gasteiger partial charge on any atom is 0.416 e. The number of rotatable bonds is 7. The molecule has 5 unspecified atom stereocenters. The third kappa shape index (κ3) is 7.24. The van der Waals surface area contributed by atoms with Gasteiger partial charge in [0.05, 0.1) is 5.56 Å². The Balaban J connectivity index is 0.990. The first-order valence-corrected chi connectivity index (χ1v) is 17.4. The van der Waals surface area contributed by atoms with Crippen molar-refractivity contribution in [3.63, 3.8) is 0 Å². The van der Waals surface area contributed by atoms with E-state index in [9.17, 15) is 27.2 Å². The van der Waals surface area contributed by atoms with Gasteiger partial charge in [-0.3, -0.25) is 9.59 Å². The highest BCUT2D eigenvalue weighted by Crippen LogP contribution is 2.46. The van der Waals surface area contributed by atoms with E-state index in [0.717, 1.165) is 56.3 Å². The molecule has 0 amide bonds. The van der Waals surface area contributed by atoms with E-state index in [2.05, 4.69) is 16.8 Å². The summed E-state index contributed by atoms with van der Waals surface area (Å²) >= 11 is 0. The Morgan fingerprint density at radius 3 is 2.31 bits per heavy atom. The molecule has 5 atom stereocenters. The summed E-state index contributed by atoms with van der Waals surface area (Å²) < 4.78 is 64.7. The number of nitrogens with zero attached hydrogens (tertiary/aromatic N) is 2. The van der Waals surface area contributed by atoms with Crippen LogP contribution < -0.4 is 9.64 Å². The number of carbonyl (C=O) groups is 2. The van der Waals surface area contributed by atoms with Crippen molar-refractivity contribution in [1.82, 2.24) is 4.98 Å². The summed E-state index contributed by atoms with van der Waals surface area (Å²) in [5.74, 6) is 0.513. The molecule has 4 aromatic rings. The van der Waals surface area contributed by atoms with Crippen molar-refractivity contribution >= 4 is 28.4 Å². The smallest absolute Gasteiger partial charge is 0.416 e. The largest absolute Gasteiger partial charge is 0.490 e. The number of fused-ring (bicyclic) bond motifs is 3. The van der Waals surface area contributed by atoms with Gasteiger partial charge in [0.15, 0.2) is 11.4 Å². The number of hydrogen-bond acceptors (Lipinski definition) is 6. The molecule has 1 saturated heterocycles. The van der Waals surface area contributed by atoms with E-state index in [0.29, 0.717) is 54.3 Å². The molecule has 2 aliphatic carbocycles. The predicted molar refractivity (Wildman–Crippen MR) is 177 cm³/mol. The van der Waals surface area contributed by atoms with Gasteiger partial charge in [-0.1, -0.05) is 19.8 Å². The van der Waals surface area contributed by atoms with Gasteiger partial charge in [-0.15, -0.1) is 0 Å². The van der Waals surface area contributed by atoms with Crippen LogP contribution in [0.2, 0.25) is 0 Å². The van der Waals surface area contributed by atoms with Crippen LogP contribution in [0.5, 0.6) is 5.75 Å². The summed E-state index contributed by atoms with van der Waals surface area (Å²) in [5.41, 5.74) is 1.70. The lowest BCUT2D eigenvalue weighted by atomic mass is 9.76. The first kappa shape index (κ1) is 33.3. The summed E-state index contributed by atoms with van der Waals surface area (Å²) in [5, 5.41) is 0. The molecule has 3 aromatic carbocycles. The molecule has 3 fully saturated rings. The van der Waals surface area contributed by atoms with Gasteiger partial charge in [-0.2, -0.15) is 13.2 Å². The highest BCUT2D eigenvalue weighted by molar-refractivity contribution is 5.98. The lowest BCUT2D eigenvalue weighted by molar-refractivity contribution is -0.137. The number of alkyl halides is 3. The minimum absolute atomic E-state index is 0.0586. The highest BCUT2D eigenvalue weighted by atomic mass is 19.4. The maximum absolute atomic E-state index is 14.0. The number of ether oxygens (including phenoxy) is 1. The van der Waals surface area contributed by atoms with Gasteiger partial charge in [0.25, 0.3) is 5.89 Å². The molecular weight excluding hydrogens is 636 g/mol. The molecule has 0 radical (unpaired) electrons. The van der Waals surface area contributed by atoms with Crippen LogP contribution >= 0.6 is 0 Å². The van der Waals surface area contributed by atoms with Gasteiger partial charge in [-0.25, -0.2) is 9.37 Å². The number of ketones is 2. The molecule has 3 aliphatic rings. The summed E-state index contributed by atoms with van der Waals surface area (Å²) in [6.45, 7) is 3.41. The monoisotopic (exact) mass is 676 g/mol. The van der Waals surface area contributed by atoms with Crippen molar-refractivity contribution in [1.29, 1.82) is 0 Å². The predicted octanol–water partition coefficient (Wildman–Crippen LogP) is 9.57. The number of Topliss-reactive ketones (excluding diaryl/α,β-unsaturated/α-hetero) is 2. The molecule has 1 aliphatic heterocycles. The zero-order chi connectivity index (χ0) is 34.3. The van der Waals surface area contributed by atoms with Crippen LogP contribution in [-0.4, -0.2) is 35.7 Å². The standard InChI is InChI=1S/C39H40F4N2O4/c1-23-19-26-20-24(21-33(23)36(46)25-5-9-28(40)10-6-25)3-2-4-32(26)37(47)38-44-34-14-13-31(22-35(34)49-38)48-30-15-17-45(18-16-30)29-11-7-27(8-12-29)39(41,42)43/h5-14,22-24,26,30,32-33H,2-4,15-21H2,1H3. The van der Waals surface area contributed by atoms with E-state index in [1.807, 2.05) is 6.07 Å². The SMILES string of the molecule is CC1CC2CC(CCCC2C(=O)c2nc3ccc(OC4CCN(c5ccc(C(F)(F)F)cc5)CC4)cc3o2)CC1C(=O)c1ccc(F)cc1. The van der Waals surface area contributed by atoms with Crippen molar-refractivity contribution in [3.05, 3.63) is 89.6 Å². The highest BCUT2D eigenvalue weighted by Gasteiger charge is 2.42. The Bertz CT molecular complexity index is 1790. The normalized spacial score (nSPS) is 25.1. The Morgan fingerprint density at radius 2 is 1.59 bits per heavy atom. The molecule has 1 aromatic heterocycles. The van der Waals surface area contributed by atoms with Crippen LogP contribution in [0.3, 0.4) is 0 Å². The van der Waals surface area contributed by atoms with Crippen LogP contribution in [0.25, 0.3) is 11.1 Å². The third-order valence-electron chi connectivity index (χ3n) is 11.0. The van der Waals surface area contributed by atoms with Gasteiger partial charge in [0.2, 0.25) is 5.78 Å². The zero-order valence-corrected chi connectivity index (χ0v) is 27.4. The fraction of sp³-hybridized carbons (Fsp3) is 0.462. The zero-order valence-electron chi connectivity index (χ0n) is 27.4. The Morgan fingerprint density at radius 1 is 0.857 bits per heavy atom. The van der Waals surface area contributed by atoms with Crippen LogP contribution in [0.4, 0.5) is 23.2 Å². The Labute approximate surface area is 282 Å². The molecule has 10 heteroatoms. The molecule has 6 nitrogen and oxygen atoms in total. The Kier molecular flexibility index (Phi) is 9.24. The summed E-state index contributed by atoms with van der Waals surface area (Å²) in [4.78, 5) is 34.1. The molecule has 2 bridgehead atoms. The second-order valence-corrected chi connectivity index (χ2v) is 14.2. The topological polar surface area (TPSA) is 72.6 Å². The van der Waals surface area contributed by atoms with Crippen molar-refractivity contribution in [2.45, 2.75) is 70.6 Å². The first-order chi connectivity index (χ1) is 23.5. The third-order valence-corrected chi connectivity index (χ3v) is 11.0. The van der Waals surface area contributed by atoms with Crippen molar-refractivity contribution < 1.29 is 36.3 Å². The van der Waals surface area contributed by atoms with Crippen molar-refractivity contribution in [3.8, 4) is 5.75 Å². The minimum Gasteiger partial charge on any atom is -0.490 e. The molecule has 7 rings (SSSR count). The van der Waals surface area contributed by atoms with Gasteiger partial charge < -0.3 is 14.1 Å². The van der Waals surface area contributed by atoms with E-state index in [-0.39, 0.29) is 53.1 Å². The van der Waals surface area contributed by atoms with Gasteiger partial charge in [0, 0.05) is 55.1 Å². The molecule has 2 saturated carbocycles. The quantitative estimate of drug-likeness (QED) is 0.143.